The van der Waals surface area contributed by atoms with Crippen molar-refractivity contribution in [2.45, 2.75) is 20.1 Å². The Morgan fingerprint density at radius 1 is 1.15 bits per heavy atom. The molecular formula is C16H18N2O2. The van der Waals surface area contributed by atoms with Crippen molar-refractivity contribution in [3.8, 4) is 0 Å². The van der Waals surface area contributed by atoms with Crippen molar-refractivity contribution in [1.29, 1.82) is 0 Å². The Morgan fingerprint density at radius 2 is 1.80 bits per heavy atom. The maximum Gasteiger partial charge on any atom is 0.251 e. The highest BCUT2D eigenvalue weighted by molar-refractivity contribution is 5.95. The van der Waals surface area contributed by atoms with Crippen LogP contribution in [0.15, 0.2) is 42.5 Å². The molecule has 0 spiro atoms. The van der Waals surface area contributed by atoms with Crippen LogP contribution in [0.5, 0.6) is 0 Å². The van der Waals surface area contributed by atoms with Crippen molar-refractivity contribution in [3.05, 3.63) is 64.7 Å². The van der Waals surface area contributed by atoms with Crippen LogP contribution in [0, 0.1) is 6.92 Å². The van der Waals surface area contributed by atoms with Gasteiger partial charge in [0.2, 0.25) is 0 Å². The van der Waals surface area contributed by atoms with Crippen LogP contribution in [0.25, 0.3) is 0 Å². The number of aliphatic hydroxyl groups is 1. The highest BCUT2D eigenvalue weighted by atomic mass is 16.3. The zero-order valence-corrected chi connectivity index (χ0v) is 11.4. The van der Waals surface area contributed by atoms with Crippen molar-refractivity contribution >= 4 is 11.6 Å². The predicted molar refractivity (Wildman–Crippen MR) is 79.1 cm³/mol. The van der Waals surface area contributed by atoms with Gasteiger partial charge in [-0.1, -0.05) is 24.3 Å². The van der Waals surface area contributed by atoms with Gasteiger partial charge in [0.25, 0.3) is 5.91 Å². The number of hydrogen-bond donors (Lipinski definition) is 3. The molecule has 0 unspecified atom stereocenters. The molecule has 104 valence electrons. The molecule has 0 aliphatic carbocycles. The van der Waals surface area contributed by atoms with E-state index in [1.54, 1.807) is 12.1 Å². The molecule has 0 fully saturated rings. The molecule has 0 radical (unpaired) electrons. The second-order valence-corrected chi connectivity index (χ2v) is 4.79. The number of nitrogens with two attached hydrogens (primary N) is 1. The van der Waals surface area contributed by atoms with Gasteiger partial charge in [-0.25, -0.2) is 0 Å². The third kappa shape index (κ3) is 3.59. The van der Waals surface area contributed by atoms with Crippen LogP contribution in [0.1, 0.15) is 27.0 Å². The second-order valence-electron chi connectivity index (χ2n) is 4.79. The lowest BCUT2D eigenvalue weighted by atomic mass is 10.1. The highest BCUT2D eigenvalue weighted by Gasteiger charge is 2.06. The van der Waals surface area contributed by atoms with E-state index in [1.807, 2.05) is 37.3 Å². The summed E-state index contributed by atoms with van der Waals surface area (Å²) in [6.45, 7) is 2.37. The molecule has 2 rings (SSSR count). The van der Waals surface area contributed by atoms with Gasteiger partial charge in [-0.2, -0.15) is 0 Å². The predicted octanol–water partition coefficient (Wildman–Crippen LogP) is 2.00. The Hall–Kier alpha value is -2.33. The van der Waals surface area contributed by atoms with Gasteiger partial charge in [-0.3, -0.25) is 4.79 Å². The molecular weight excluding hydrogens is 252 g/mol. The Kier molecular flexibility index (Phi) is 4.38. The monoisotopic (exact) mass is 270 g/mol. The lowest BCUT2D eigenvalue weighted by Gasteiger charge is -2.07. The van der Waals surface area contributed by atoms with Crippen LogP contribution in [0.2, 0.25) is 0 Å². The van der Waals surface area contributed by atoms with Crippen molar-refractivity contribution in [1.82, 2.24) is 5.32 Å². The summed E-state index contributed by atoms with van der Waals surface area (Å²) in [6.07, 6.45) is 0. The maximum absolute atomic E-state index is 12.0. The minimum absolute atomic E-state index is 0.0230. The summed E-state index contributed by atoms with van der Waals surface area (Å²) in [5.74, 6) is -0.147. The Labute approximate surface area is 118 Å². The normalized spacial score (nSPS) is 10.3. The topological polar surface area (TPSA) is 75.4 Å². The van der Waals surface area contributed by atoms with Gasteiger partial charge in [-0.05, 0) is 41.8 Å². The van der Waals surface area contributed by atoms with Gasteiger partial charge in [0, 0.05) is 17.8 Å². The van der Waals surface area contributed by atoms with E-state index in [0.717, 1.165) is 16.7 Å². The van der Waals surface area contributed by atoms with Crippen LogP contribution in [-0.4, -0.2) is 11.0 Å². The number of anilines is 1. The van der Waals surface area contributed by atoms with E-state index >= 15 is 0 Å². The lowest BCUT2D eigenvalue weighted by Crippen LogP contribution is -2.23. The molecule has 1 amide bonds. The van der Waals surface area contributed by atoms with Crippen LogP contribution in [0.3, 0.4) is 0 Å². The number of aryl methyl sites for hydroxylation is 1. The first kappa shape index (κ1) is 14.1. The van der Waals surface area contributed by atoms with E-state index in [0.29, 0.717) is 17.8 Å². The van der Waals surface area contributed by atoms with E-state index in [2.05, 4.69) is 5.32 Å². The number of nitrogens with one attached hydrogen (secondary N) is 1. The maximum atomic E-state index is 12.0. The van der Waals surface area contributed by atoms with Crippen molar-refractivity contribution < 1.29 is 9.90 Å². The van der Waals surface area contributed by atoms with E-state index in [1.165, 1.54) is 0 Å². The summed E-state index contributed by atoms with van der Waals surface area (Å²) in [4.78, 5) is 12.0. The fourth-order valence-corrected chi connectivity index (χ4v) is 1.99. The molecule has 2 aromatic rings. The van der Waals surface area contributed by atoms with Crippen LogP contribution in [-0.2, 0) is 13.2 Å². The molecule has 0 heterocycles. The molecule has 0 aliphatic heterocycles. The molecule has 2 aromatic carbocycles. The molecule has 0 aliphatic rings. The Morgan fingerprint density at radius 3 is 2.40 bits per heavy atom. The number of nitrogen functional groups attached to an aromatic ring is 1. The first-order chi connectivity index (χ1) is 9.58. The minimum Gasteiger partial charge on any atom is -0.399 e. The number of rotatable bonds is 4. The molecule has 0 bridgehead atoms. The number of hydrogen-bond acceptors (Lipinski definition) is 3. The van der Waals surface area contributed by atoms with E-state index in [9.17, 15) is 4.79 Å². The van der Waals surface area contributed by atoms with E-state index in [-0.39, 0.29) is 12.5 Å². The largest absolute Gasteiger partial charge is 0.399 e. The summed E-state index contributed by atoms with van der Waals surface area (Å²) < 4.78 is 0. The minimum atomic E-state index is -0.147. The number of carbonyl (C=O) groups excluding carboxylic acids is 1. The van der Waals surface area contributed by atoms with Crippen LogP contribution in [0.4, 0.5) is 5.69 Å². The summed E-state index contributed by atoms with van der Waals surface area (Å²) in [6, 6.07) is 12.7. The molecule has 4 nitrogen and oxygen atoms in total. The summed E-state index contributed by atoms with van der Waals surface area (Å²) in [5.41, 5.74) is 9.68. The number of aliphatic hydroxyl groups excluding tert-OH is 1. The molecule has 0 saturated carbocycles. The Bertz CT molecular complexity index is 586. The van der Waals surface area contributed by atoms with Crippen LogP contribution >= 0.6 is 0 Å². The third-order valence-electron chi connectivity index (χ3n) is 3.02. The second kappa shape index (κ2) is 6.21. The fraction of sp³-hybridized carbons (Fsp3) is 0.188. The van der Waals surface area contributed by atoms with Gasteiger partial charge < -0.3 is 16.2 Å². The summed E-state index contributed by atoms with van der Waals surface area (Å²) in [5, 5.41) is 11.8. The van der Waals surface area contributed by atoms with Crippen molar-refractivity contribution in [2.24, 2.45) is 0 Å². The van der Waals surface area contributed by atoms with Gasteiger partial charge in [0.15, 0.2) is 0 Å². The fourth-order valence-electron chi connectivity index (χ4n) is 1.99. The van der Waals surface area contributed by atoms with Gasteiger partial charge in [0.1, 0.15) is 0 Å². The lowest BCUT2D eigenvalue weighted by molar-refractivity contribution is 0.0951. The van der Waals surface area contributed by atoms with E-state index in [4.69, 9.17) is 10.8 Å². The first-order valence-electron chi connectivity index (χ1n) is 6.42. The van der Waals surface area contributed by atoms with Gasteiger partial charge in [0.05, 0.1) is 6.61 Å². The standard InChI is InChI=1S/C16H18N2O2/c1-11-6-14(8-15(17)7-11)16(20)18-9-12-2-4-13(10-19)5-3-12/h2-8,19H,9-10,17H2,1H3,(H,18,20). The highest BCUT2D eigenvalue weighted by Crippen LogP contribution is 2.11. The molecule has 0 aromatic heterocycles. The molecule has 0 saturated heterocycles. The average molecular weight is 270 g/mol. The average Bonchev–Trinajstić information content (AvgIpc) is 2.44. The van der Waals surface area contributed by atoms with E-state index < -0.39 is 0 Å². The quantitative estimate of drug-likeness (QED) is 0.744. The number of amides is 1. The molecule has 0 atom stereocenters. The summed E-state index contributed by atoms with van der Waals surface area (Å²) >= 11 is 0. The van der Waals surface area contributed by atoms with Crippen molar-refractivity contribution in [2.75, 3.05) is 5.73 Å². The Balaban J connectivity index is 2.00. The van der Waals surface area contributed by atoms with Crippen LogP contribution < -0.4 is 11.1 Å². The third-order valence-corrected chi connectivity index (χ3v) is 3.02. The molecule has 4 heteroatoms. The SMILES string of the molecule is Cc1cc(N)cc(C(=O)NCc2ccc(CO)cc2)c1. The zero-order chi connectivity index (χ0) is 14.5. The van der Waals surface area contributed by atoms with Gasteiger partial charge >= 0.3 is 0 Å². The van der Waals surface area contributed by atoms with Crippen molar-refractivity contribution in [3.63, 3.8) is 0 Å². The number of carbonyl (C=O) groups is 1. The van der Waals surface area contributed by atoms with Gasteiger partial charge in [-0.15, -0.1) is 0 Å². The molecule has 20 heavy (non-hydrogen) atoms. The zero-order valence-electron chi connectivity index (χ0n) is 11.4. The smallest absolute Gasteiger partial charge is 0.251 e. The summed E-state index contributed by atoms with van der Waals surface area (Å²) in [7, 11) is 0. The first-order valence-corrected chi connectivity index (χ1v) is 6.42. The molecule has 4 N–H and O–H groups in total. The number of benzene rings is 2.